The first-order valence-electron chi connectivity index (χ1n) is 5.68. The molecule has 0 spiro atoms. The number of benzene rings is 1. The maximum absolute atomic E-state index is 9.61. The normalized spacial score (nSPS) is 15.1. The maximum Gasteiger partial charge on any atom is 0.0664 e. The summed E-state index contributed by atoms with van der Waals surface area (Å²) in [5, 5.41) is 10.4. The van der Waals surface area contributed by atoms with E-state index in [9.17, 15) is 5.11 Å². The van der Waals surface area contributed by atoms with Crippen LogP contribution in [0.1, 0.15) is 31.9 Å². The summed E-state index contributed by atoms with van der Waals surface area (Å²) in [4.78, 5) is 2.15. The SMILES string of the molecule is CCC(O)CN(C)C(C)c1ccc(Cl)cc1. The highest BCUT2D eigenvalue weighted by Crippen LogP contribution is 2.20. The second-order valence-corrected chi connectivity index (χ2v) is 4.67. The number of aliphatic hydroxyl groups excluding tert-OH is 1. The molecule has 0 aliphatic heterocycles. The first-order chi connectivity index (χ1) is 7.54. The van der Waals surface area contributed by atoms with E-state index >= 15 is 0 Å². The number of nitrogens with zero attached hydrogens (tertiary/aromatic N) is 1. The number of aliphatic hydroxyl groups is 1. The van der Waals surface area contributed by atoms with Gasteiger partial charge in [0.05, 0.1) is 6.10 Å². The predicted octanol–water partition coefficient (Wildman–Crippen LogP) is 3.10. The van der Waals surface area contributed by atoms with Gasteiger partial charge in [-0.2, -0.15) is 0 Å². The Bertz CT molecular complexity index is 312. The lowest BCUT2D eigenvalue weighted by atomic mass is 10.1. The molecule has 0 fully saturated rings. The first-order valence-corrected chi connectivity index (χ1v) is 6.06. The molecule has 90 valence electrons. The summed E-state index contributed by atoms with van der Waals surface area (Å²) in [6, 6.07) is 8.15. The van der Waals surface area contributed by atoms with Gasteiger partial charge < -0.3 is 5.11 Å². The minimum atomic E-state index is -0.250. The van der Waals surface area contributed by atoms with E-state index in [1.165, 1.54) is 5.56 Å². The fourth-order valence-corrected chi connectivity index (χ4v) is 1.74. The standard InChI is InChI=1S/C13H20ClNO/c1-4-13(16)9-15(3)10(2)11-5-7-12(14)8-6-11/h5-8,10,13,16H,4,9H2,1-3H3. The van der Waals surface area contributed by atoms with Gasteiger partial charge in [0.15, 0.2) is 0 Å². The summed E-state index contributed by atoms with van der Waals surface area (Å²) in [5.41, 5.74) is 1.22. The smallest absolute Gasteiger partial charge is 0.0664 e. The zero-order valence-corrected chi connectivity index (χ0v) is 10.9. The molecule has 0 saturated carbocycles. The van der Waals surface area contributed by atoms with E-state index in [1.54, 1.807) is 0 Å². The van der Waals surface area contributed by atoms with Gasteiger partial charge in [0.25, 0.3) is 0 Å². The van der Waals surface area contributed by atoms with E-state index in [0.717, 1.165) is 11.4 Å². The Balaban J connectivity index is 2.62. The molecule has 1 N–H and O–H groups in total. The second kappa shape index (κ2) is 6.24. The molecule has 2 nitrogen and oxygen atoms in total. The van der Waals surface area contributed by atoms with Gasteiger partial charge in [-0.25, -0.2) is 0 Å². The van der Waals surface area contributed by atoms with Crippen molar-refractivity contribution in [3.05, 3.63) is 34.9 Å². The molecule has 0 amide bonds. The molecule has 0 heterocycles. The van der Waals surface area contributed by atoms with Gasteiger partial charge in [0.1, 0.15) is 0 Å². The highest BCUT2D eigenvalue weighted by atomic mass is 35.5. The average molecular weight is 242 g/mol. The van der Waals surface area contributed by atoms with Crippen LogP contribution in [0.4, 0.5) is 0 Å². The van der Waals surface area contributed by atoms with Crippen LogP contribution in [-0.2, 0) is 0 Å². The van der Waals surface area contributed by atoms with E-state index in [0.29, 0.717) is 12.6 Å². The predicted molar refractivity (Wildman–Crippen MR) is 68.8 cm³/mol. The Morgan fingerprint density at radius 1 is 1.31 bits per heavy atom. The Labute approximate surface area is 103 Å². The van der Waals surface area contributed by atoms with Gasteiger partial charge in [0, 0.05) is 17.6 Å². The molecular formula is C13H20ClNO. The van der Waals surface area contributed by atoms with Crippen molar-refractivity contribution in [2.24, 2.45) is 0 Å². The second-order valence-electron chi connectivity index (χ2n) is 4.23. The van der Waals surface area contributed by atoms with Gasteiger partial charge >= 0.3 is 0 Å². The minimum absolute atomic E-state index is 0.250. The summed E-state index contributed by atoms with van der Waals surface area (Å²) in [6.07, 6.45) is 0.539. The molecule has 0 aliphatic carbocycles. The molecule has 3 heteroatoms. The van der Waals surface area contributed by atoms with Gasteiger partial charge in [-0.3, -0.25) is 4.90 Å². The summed E-state index contributed by atoms with van der Waals surface area (Å²) < 4.78 is 0. The van der Waals surface area contributed by atoms with E-state index in [1.807, 2.05) is 38.2 Å². The minimum Gasteiger partial charge on any atom is -0.392 e. The zero-order valence-electron chi connectivity index (χ0n) is 10.2. The monoisotopic (exact) mass is 241 g/mol. The maximum atomic E-state index is 9.61. The van der Waals surface area contributed by atoms with Crippen LogP contribution < -0.4 is 0 Å². The van der Waals surface area contributed by atoms with Crippen LogP contribution in [0.25, 0.3) is 0 Å². The third kappa shape index (κ3) is 3.78. The summed E-state index contributed by atoms with van der Waals surface area (Å²) >= 11 is 5.85. The van der Waals surface area contributed by atoms with E-state index < -0.39 is 0 Å². The van der Waals surface area contributed by atoms with Crippen LogP contribution in [0.3, 0.4) is 0 Å². The Morgan fingerprint density at radius 3 is 2.38 bits per heavy atom. The van der Waals surface area contributed by atoms with Crippen LogP contribution in [0.2, 0.25) is 5.02 Å². The lowest BCUT2D eigenvalue weighted by molar-refractivity contribution is 0.105. The van der Waals surface area contributed by atoms with Crippen LogP contribution in [0.15, 0.2) is 24.3 Å². The molecule has 16 heavy (non-hydrogen) atoms. The Kier molecular flexibility index (Phi) is 5.26. The molecule has 2 unspecified atom stereocenters. The number of hydrogen-bond donors (Lipinski definition) is 1. The zero-order chi connectivity index (χ0) is 12.1. The quantitative estimate of drug-likeness (QED) is 0.856. The fraction of sp³-hybridized carbons (Fsp3) is 0.538. The van der Waals surface area contributed by atoms with Gasteiger partial charge in [-0.05, 0) is 38.1 Å². The highest BCUT2D eigenvalue weighted by Gasteiger charge is 2.14. The fourth-order valence-electron chi connectivity index (χ4n) is 1.62. The van der Waals surface area contributed by atoms with Crippen molar-refractivity contribution in [3.63, 3.8) is 0 Å². The lowest BCUT2D eigenvalue weighted by Gasteiger charge is -2.27. The molecule has 1 aromatic carbocycles. The van der Waals surface area contributed by atoms with Crippen molar-refractivity contribution in [2.45, 2.75) is 32.4 Å². The first kappa shape index (κ1) is 13.5. The van der Waals surface area contributed by atoms with Crippen LogP contribution >= 0.6 is 11.6 Å². The molecule has 0 radical (unpaired) electrons. The van der Waals surface area contributed by atoms with Crippen molar-refractivity contribution >= 4 is 11.6 Å². The van der Waals surface area contributed by atoms with Crippen molar-refractivity contribution in [1.82, 2.24) is 4.90 Å². The summed E-state index contributed by atoms with van der Waals surface area (Å²) in [6.45, 7) is 4.82. The van der Waals surface area contributed by atoms with Gasteiger partial charge in [-0.15, -0.1) is 0 Å². The molecule has 1 rings (SSSR count). The van der Waals surface area contributed by atoms with Gasteiger partial charge in [-0.1, -0.05) is 30.7 Å². The summed E-state index contributed by atoms with van der Waals surface area (Å²) in [7, 11) is 2.03. The van der Waals surface area contributed by atoms with Crippen molar-refractivity contribution < 1.29 is 5.11 Å². The van der Waals surface area contributed by atoms with E-state index in [4.69, 9.17) is 11.6 Å². The summed E-state index contributed by atoms with van der Waals surface area (Å²) in [5.74, 6) is 0. The molecule has 0 aliphatic rings. The number of likely N-dealkylation sites (N-methyl/N-ethyl adjacent to an activating group) is 1. The van der Waals surface area contributed by atoms with E-state index in [2.05, 4.69) is 11.8 Å². The van der Waals surface area contributed by atoms with Crippen molar-refractivity contribution in [3.8, 4) is 0 Å². The third-order valence-electron chi connectivity index (χ3n) is 2.98. The Hall–Kier alpha value is -0.570. The van der Waals surface area contributed by atoms with Crippen LogP contribution in [-0.4, -0.2) is 29.7 Å². The molecule has 0 saturated heterocycles. The number of rotatable bonds is 5. The van der Waals surface area contributed by atoms with Gasteiger partial charge in [0.2, 0.25) is 0 Å². The number of hydrogen-bond acceptors (Lipinski definition) is 2. The van der Waals surface area contributed by atoms with Crippen molar-refractivity contribution in [2.75, 3.05) is 13.6 Å². The van der Waals surface area contributed by atoms with E-state index in [-0.39, 0.29) is 6.10 Å². The largest absolute Gasteiger partial charge is 0.392 e. The third-order valence-corrected chi connectivity index (χ3v) is 3.24. The topological polar surface area (TPSA) is 23.5 Å². The molecule has 0 bridgehead atoms. The lowest BCUT2D eigenvalue weighted by Crippen LogP contribution is -2.30. The molecule has 0 aromatic heterocycles. The number of halogens is 1. The highest BCUT2D eigenvalue weighted by molar-refractivity contribution is 6.30. The molecule has 2 atom stereocenters. The van der Waals surface area contributed by atoms with Crippen LogP contribution in [0.5, 0.6) is 0 Å². The average Bonchev–Trinajstić information content (AvgIpc) is 2.28. The van der Waals surface area contributed by atoms with Crippen LogP contribution in [0, 0.1) is 0 Å². The van der Waals surface area contributed by atoms with Crippen molar-refractivity contribution in [1.29, 1.82) is 0 Å². The molecule has 1 aromatic rings. The molecular weight excluding hydrogens is 222 g/mol. The Morgan fingerprint density at radius 2 is 1.88 bits per heavy atom.